The number of carboxylic acid groups (broad SMARTS) is 1. The average Bonchev–Trinajstić information content (AvgIpc) is 2.72. The quantitative estimate of drug-likeness (QED) is 0.884. The fourth-order valence-corrected chi connectivity index (χ4v) is 2.59. The van der Waals surface area contributed by atoms with E-state index in [1.54, 1.807) is 0 Å². The predicted molar refractivity (Wildman–Crippen MR) is 69.0 cm³/mol. The predicted octanol–water partition coefficient (Wildman–Crippen LogP) is 1.82. The highest BCUT2D eigenvalue weighted by atomic mass is 16.5. The molecule has 1 aromatic carbocycles. The number of likely N-dealkylation sites (tertiary alicyclic amines) is 1. The van der Waals surface area contributed by atoms with Crippen LogP contribution in [0, 0.1) is 5.92 Å². The Balaban J connectivity index is 2.24. The molecule has 0 unspecified atom stereocenters. The number of carboxylic acids is 1. The van der Waals surface area contributed by atoms with Crippen molar-refractivity contribution in [3.63, 3.8) is 0 Å². The molecule has 0 spiro atoms. The first-order valence-electron chi connectivity index (χ1n) is 6.26. The van der Waals surface area contributed by atoms with Crippen LogP contribution >= 0.6 is 0 Å². The van der Waals surface area contributed by atoms with Gasteiger partial charge in [0.15, 0.2) is 0 Å². The van der Waals surface area contributed by atoms with Crippen LogP contribution in [0.4, 0.5) is 0 Å². The van der Waals surface area contributed by atoms with E-state index in [0.29, 0.717) is 13.2 Å². The molecule has 1 aliphatic heterocycles. The van der Waals surface area contributed by atoms with Crippen LogP contribution in [-0.4, -0.2) is 42.7 Å². The van der Waals surface area contributed by atoms with E-state index in [-0.39, 0.29) is 11.8 Å². The molecule has 0 amide bonds. The minimum atomic E-state index is -0.717. The molecule has 2 rings (SSSR count). The number of carbonyl (C=O) groups is 1. The molecule has 0 aromatic heterocycles. The van der Waals surface area contributed by atoms with Crippen molar-refractivity contribution in [2.75, 3.05) is 26.7 Å². The van der Waals surface area contributed by atoms with Crippen LogP contribution < -0.4 is 4.74 Å². The lowest BCUT2D eigenvalue weighted by Gasteiger charge is -2.16. The lowest BCUT2D eigenvalue weighted by Crippen LogP contribution is -2.21. The highest BCUT2D eigenvalue weighted by Crippen LogP contribution is 2.33. The zero-order valence-corrected chi connectivity index (χ0v) is 10.8. The lowest BCUT2D eigenvalue weighted by molar-refractivity contribution is -0.141. The Morgan fingerprint density at radius 3 is 2.94 bits per heavy atom. The molecule has 1 aromatic rings. The first kappa shape index (κ1) is 12.9. The Morgan fingerprint density at radius 1 is 1.50 bits per heavy atom. The normalized spacial score (nSPS) is 24.1. The fraction of sp³-hybridized carbons (Fsp3) is 0.500. The van der Waals surface area contributed by atoms with Gasteiger partial charge in [0, 0.05) is 19.0 Å². The van der Waals surface area contributed by atoms with Gasteiger partial charge in [0.1, 0.15) is 5.75 Å². The summed E-state index contributed by atoms with van der Waals surface area (Å²) in [6.07, 6.45) is 0. The number of ether oxygens (including phenoxy) is 1. The summed E-state index contributed by atoms with van der Waals surface area (Å²) < 4.78 is 5.47. The summed E-state index contributed by atoms with van der Waals surface area (Å²) >= 11 is 0. The number of hydrogen-bond donors (Lipinski definition) is 1. The summed E-state index contributed by atoms with van der Waals surface area (Å²) in [4.78, 5) is 13.3. The summed E-state index contributed by atoms with van der Waals surface area (Å²) in [5.74, 6) is -0.181. The Kier molecular flexibility index (Phi) is 3.87. The van der Waals surface area contributed by atoms with Crippen molar-refractivity contribution in [3.8, 4) is 5.75 Å². The zero-order valence-electron chi connectivity index (χ0n) is 10.8. The molecule has 1 heterocycles. The third-order valence-corrected chi connectivity index (χ3v) is 3.42. The second-order valence-electron chi connectivity index (χ2n) is 4.78. The van der Waals surface area contributed by atoms with E-state index < -0.39 is 5.97 Å². The van der Waals surface area contributed by atoms with Gasteiger partial charge in [-0.2, -0.15) is 0 Å². The SMILES string of the molecule is CCOc1cccc([C@@H]2CN(C)C[C@@H]2C(=O)O)c1. The van der Waals surface area contributed by atoms with Gasteiger partial charge < -0.3 is 14.7 Å². The summed E-state index contributed by atoms with van der Waals surface area (Å²) in [6.45, 7) is 3.96. The molecule has 4 nitrogen and oxygen atoms in total. The van der Waals surface area contributed by atoms with Crippen LogP contribution in [0.25, 0.3) is 0 Å². The van der Waals surface area contributed by atoms with E-state index in [1.165, 1.54) is 0 Å². The maximum atomic E-state index is 11.3. The third kappa shape index (κ3) is 2.64. The van der Waals surface area contributed by atoms with Crippen molar-refractivity contribution < 1.29 is 14.6 Å². The van der Waals surface area contributed by atoms with E-state index in [0.717, 1.165) is 17.9 Å². The molecule has 1 fully saturated rings. The van der Waals surface area contributed by atoms with E-state index in [2.05, 4.69) is 4.90 Å². The highest BCUT2D eigenvalue weighted by Gasteiger charge is 2.36. The molecular weight excluding hydrogens is 230 g/mol. The van der Waals surface area contributed by atoms with Gasteiger partial charge in [0.2, 0.25) is 0 Å². The minimum Gasteiger partial charge on any atom is -0.494 e. The van der Waals surface area contributed by atoms with Crippen molar-refractivity contribution >= 4 is 5.97 Å². The summed E-state index contributed by atoms with van der Waals surface area (Å²) in [6, 6.07) is 7.78. The van der Waals surface area contributed by atoms with E-state index in [9.17, 15) is 9.90 Å². The molecule has 1 aliphatic rings. The van der Waals surface area contributed by atoms with Crippen LogP contribution in [0.5, 0.6) is 5.75 Å². The second kappa shape index (κ2) is 5.40. The van der Waals surface area contributed by atoms with Gasteiger partial charge in [-0.1, -0.05) is 12.1 Å². The van der Waals surface area contributed by atoms with Crippen molar-refractivity contribution in [1.82, 2.24) is 4.90 Å². The molecule has 0 radical (unpaired) electrons. The van der Waals surface area contributed by atoms with Crippen LogP contribution in [0.3, 0.4) is 0 Å². The van der Waals surface area contributed by atoms with Gasteiger partial charge in [0.05, 0.1) is 12.5 Å². The first-order valence-corrected chi connectivity index (χ1v) is 6.26. The lowest BCUT2D eigenvalue weighted by atomic mass is 9.89. The minimum absolute atomic E-state index is 0.0490. The average molecular weight is 249 g/mol. The Bertz CT molecular complexity index is 433. The molecule has 4 heteroatoms. The Hall–Kier alpha value is -1.55. The van der Waals surface area contributed by atoms with Gasteiger partial charge in [-0.05, 0) is 31.7 Å². The summed E-state index contributed by atoms with van der Waals surface area (Å²) in [7, 11) is 1.96. The largest absolute Gasteiger partial charge is 0.494 e. The summed E-state index contributed by atoms with van der Waals surface area (Å²) in [5, 5.41) is 9.28. The molecule has 1 saturated heterocycles. The maximum Gasteiger partial charge on any atom is 0.308 e. The van der Waals surface area contributed by atoms with Gasteiger partial charge in [-0.25, -0.2) is 0 Å². The molecule has 1 N–H and O–H groups in total. The number of hydrogen-bond acceptors (Lipinski definition) is 3. The van der Waals surface area contributed by atoms with E-state index in [1.807, 2.05) is 38.2 Å². The number of benzene rings is 1. The molecule has 98 valence electrons. The number of likely N-dealkylation sites (N-methyl/N-ethyl adjacent to an activating group) is 1. The van der Waals surface area contributed by atoms with Crippen molar-refractivity contribution in [2.24, 2.45) is 5.92 Å². The number of nitrogens with zero attached hydrogens (tertiary/aromatic N) is 1. The fourth-order valence-electron chi connectivity index (χ4n) is 2.59. The van der Waals surface area contributed by atoms with E-state index in [4.69, 9.17) is 4.74 Å². The van der Waals surface area contributed by atoms with Crippen molar-refractivity contribution in [2.45, 2.75) is 12.8 Å². The van der Waals surface area contributed by atoms with Crippen LogP contribution in [0.2, 0.25) is 0 Å². The highest BCUT2D eigenvalue weighted by molar-refractivity contribution is 5.72. The maximum absolute atomic E-state index is 11.3. The van der Waals surface area contributed by atoms with Crippen molar-refractivity contribution in [3.05, 3.63) is 29.8 Å². The summed E-state index contributed by atoms with van der Waals surface area (Å²) in [5.41, 5.74) is 1.05. The molecule has 0 bridgehead atoms. The van der Waals surface area contributed by atoms with Crippen molar-refractivity contribution in [1.29, 1.82) is 0 Å². The third-order valence-electron chi connectivity index (χ3n) is 3.42. The van der Waals surface area contributed by atoms with Crippen LogP contribution in [0.15, 0.2) is 24.3 Å². The Morgan fingerprint density at radius 2 is 2.28 bits per heavy atom. The molecule has 18 heavy (non-hydrogen) atoms. The molecular formula is C14H19NO3. The second-order valence-corrected chi connectivity index (χ2v) is 4.78. The molecule has 0 aliphatic carbocycles. The van der Waals surface area contributed by atoms with Gasteiger partial charge in [-0.15, -0.1) is 0 Å². The van der Waals surface area contributed by atoms with Gasteiger partial charge in [-0.3, -0.25) is 4.79 Å². The smallest absolute Gasteiger partial charge is 0.308 e. The number of rotatable bonds is 4. The van der Waals surface area contributed by atoms with Gasteiger partial charge >= 0.3 is 5.97 Å². The zero-order chi connectivity index (χ0) is 13.1. The molecule has 0 saturated carbocycles. The van der Waals surface area contributed by atoms with E-state index >= 15 is 0 Å². The monoisotopic (exact) mass is 249 g/mol. The standard InChI is InChI=1S/C14H19NO3/c1-3-18-11-6-4-5-10(7-11)12-8-15(2)9-13(12)14(16)17/h4-7,12-13H,3,8-9H2,1-2H3,(H,16,17)/t12-,13-/m0/s1. The van der Waals surface area contributed by atoms with Crippen LogP contribution in [-0.2, 0) is 4.79 Å². The van der Waals surface area contributed by atoms with Gasteiger partial charge in [0.25, 0.3) is 0 Å². The Labute approximate surface area is 107 Å². The van der Waals surface area contributed by atoms with Crippen LogP contribution in [0.1, 0.15) is 18.4 Å². The number of aliphatic carboxylic acids is 1. The molecule has 2 atom stereocenters. The first-order chi connectivity index (χ1) is 8.61. The topological polar surface area (TPSA) is 49.8 Å².